The van der Waals surface area contributed by atoms with Gasteiger partial charge in [0.05, 0.1) is 0 Å². The van der Waals surface area contributed by atoms with E-state index in [2.05, 4.69) is 4.72 Å². The van der Waals surface area contributed by atoms with Gasteiger partial charge in [0.15, 0.2) is 0 Å². The predicted molar refractivity (Wildman–Crippen MR) is 80.2 cm³/mol. The molecule has 21 heavy (non-hydrogen) atoms. The number of sulfonamides is 1. The first kappa shape index (κ1) is 15.1. The maximum atomic E-state index is 12.6. The molecule has 2 saturated carbocycles. The van der Waals surface area contributed by atoms with E-state index >= 15 is 0 Å². The molecule has 5 nitrogen and oxygen atoms in total. The minimum absolute atomic E-state index is 0.175. The zero-order chi connectivity index (χ0) is 15.2. The lowest BCUT2D eigenvalue weighted by Crippen LogP contribution is -2.32. The molecule has 1 aromatic heterocycles. The van der Waals surface area contributed by atoms with Crippen LogP contribution in [0.5, 0.6) is 0 Å². The van der Waals surface area contributed by atoms with Crippen molar-refractivity contribution in [1.82, 2.24) is 4.72 Å². The average molecular weight is 312 g/mol. The second-order valence-electron chi connectivity index (χ2n) is 6.42. The van der Waals surface area contributed by atoms with E-state index in [1.807, 2.05) is 0 Å². The van der Waals surface area contributed by atoms with Crippen LogP contribution in [0, 0.1) is 31.6 Å². The Morgan fingerprint density at radius 1 is 1.19 bits per heavy atom. The molecule has 1 heterocycles. The molecule has 118 valence electrons. The fourth-order valence-electron chi connectivity index (χ4n) is 3.34. The molecular weight excluding hydrogens is 288 g/mol. The Labute approximate surface area is 126 Å². The van der Waals surface area contributed by atoms with Gasteiger partial charge in [-0.25, -0.2) is 13.1 Å². The summed E-state index contributed by atoms with van der Waals surface area (Å²) in [5.74, 6) is 2.98. The summed E-state index contributed by atoms with van der Waals surface area (Å²) in [7, 11) is -3.54. The third-order valence-electron chi connectivity index (χ3n) is 4.76. The van der Waals surface area contributed by atoms with Crippen molar-refractivity contribution < 1.29 is 12.8 Å². The monoisotopic (exact) mass is 312 g/mol. The van der Waals surface area contributed by atoms with Crippen LogP contribution in [0.4, 0.5) is 0 Å². The van der Waals surface area contributed by atoms with Gasteiger partial charge in [-0.3, -0.25) is 0 Å². The van der Waals surface area contributed by atoms with Crippen LogP contribution in [0.3, 0.4) is 0 Å². The van der Waals surface area contributed by atoms with Crippen molar-refractivity contribution >= 4 is 10.0 Å². The Bertz CT molecular complexity index is 616. The summed E-state index contributed by atoms with van der Waals surface area (Å²) in [6.45, 7) is 4.16. The molecule has 0 spiro atoms. The predicted octanol–water partition coefficient (Wildman–Crippen LogP) is 2.07. The largest absolute Gasteiger partial charge is 0.465 e. The van der Waals surface area contributed by atoms with Crippen molar-refractivity contribution in [2.24, 2.45) is 23.5 Å². The Hall–Kier alpha value is -0.850. The van der Waals surface area contributed by atoms with Gasteiger partial charge >= 0.3 is 0 Å². The standard InChI is InChI=1S/C15H24N2O3S/c1-9-13(7-16)15(10(2)20-9)21(18,19)17-8-14(11-3-4-11)12-5-6-12/h11-12,14,17H,3-8,16H2,1-2H3. The van der Waals surface area contributed by atoms with Gasteiger partial charge in [0.25, 0.3) is 0 Å². The van der Waals surface area contributed by atoms with Crippen LogP contribution in [-0.4, -0.2) is 15.0 Å². The van der Waals surface area contributed by atoms with E-state index in [0.29, 0.717) is 29.5 Å². The summed E-state index contributed by atoms with van der Waals surface area (Å²) in [5.41, 5.74) is 6.27. The maximum absolute atomic E-state index is 12.6. The highest BCUT2D eigenvalue weighted by molar-refractivity contribution is 7.89. The van der Waals surface area contributed by atoms with Crippen LogP contribution in [-0.2, 0) is 16.6 Å². The SMILES string of the molecule is Cc1oc(C)c(S(=O)(=O)NCC(C2CC2)C2CC2)c1CN. The molecule has 2 fully saturated rings. The zero-order valence-corrected chi connectivity index (χ0v) is 13.5. The van der Waals surface area contributed by atoms with E-state index < -0.39 is 10.0 Å². The maximum Gasteiger partial charge on any atom is 0.244 e. The van der Waals surface area contributed by atoms with Crippen molar-refractivity contribution in [2.75, 3.05) is 6.54 Å². The number of nitrogens with two attached hydrogens (primary N) is 1. The zero-order valence-electron chi connectivity index (χ0n) is 12.7. The van der Waals surface area contributed by atoms with Crippen LogP contribution in [0.25, 0.3) is 0 Å². The van der Waals surface area contributed by atoms with Gasteiger partial charge in [-0.05, 0) is 57.3 Å². The Balaban J connectivity index is 1.77. The summed E-state index contributed by atoms with van der Waals surface area (Å²) in [5, 5.41) is 0. The first-order valence-corrected chi connectivity index (χ1v) is 9.21. The molecule has 0 bridgehead atoms. The molecular formula is C15H24N2O3S. The van der Waals surface area contributed by atoms with Crippen molar-refractivity contribution in [2.45, 2.75) is 51.0 Å². The lowest BCUT2D eigenvalue weighted by molar-refractivity contribution is 0.401. The van der Waals surface area contributed by atoms with Crippen LogP contribution in [0.1, 0.15) is 42.8 Å². The van der Waals surface area contributed by atoms with Crippen molar-refractivity contribution in [3.05, 3.63) is 17.1 Å². The molecule has 3 N–H and O–H groups in total. The minimum atomic E-state index is -3.54. The highest BCUT2D eigenvalue weighted by Crippen LogP contribution is 2.49. The van der Waals surface area contributed by atoms with E-state index in [1.165, 1.54) is 25.7 Å². The highest BCUT2D eigenvalue weighted by atomic mass is 32.2. The average Bonchev–Trinajstić information content (AvgIpc) is 3.28. The topological polar surface area (TPSA) is 85.3 Å². The van der Waals surface area contributed by atoms with Gasteiger partial charge < -0.3 is 10.2 Å². The van der Waals surface area contributed by atoms with E-state index in [-0.39, 0.29) is 11.4 Å². The molecule has 0 unspecified atom stereocenters. The summed E-state index contributed by atoms with van der Waals surface area (Å²) in [6.07, 6.45) is 5.00. The van der Waals surface area contributed by atoms with Crippen LogP contribution in [0.2, 0.25) is 0 Å². The second-order valence-corrected chi connectivity index (χ2v) is 8.12. The molecule has 2 aliphatic carbocycles. The third-order valence-corrected chi connectivity index (χ3v) is 6.38. The molecule has 1 aromatic rings. The first-order valence-electron chi connectivity index (χ1n) is 7.72. The minimum Gasteiger partial charge on any atom is -0.465 e. The van der Waals surface area contributed by atoms with Crippen LogP contribution in [0.15, 0.2) is 9.31 Å². The van der Waals surface area contributed by atoms with Gasteiger partial charge in [-0.2, -0.15) is 0 Å². The van der Waals surface area contributed by atoms with E-state index in [4.69, 9.17) is 10.2 Å². The number of hydrogen-bond donors (Lipinski definition) is 2. The molecule has 0 radical (unpaired) electrons. The second kappa shape index (κ2) is 5.41. The molecule has 2 aliphatic rings. The summed E-state index contributed by atoms with van der Waals surface area (Å²) in [4.78, 5) is 0.243. The lowest BCUT2D eigenvalue weighted by atomic mass is 9.99. The van der Waals surface area contributed by atoms with E-state index in [9.17, 15) is 8.42 Å². The van der Waals surface area contributed by atoms with Gasteiger partial charge in [-0.1, -0.05) is 0 Å². The molecule has 0 aliphatic heterocycles. The normalized spacial score (nSPS) is 19.4. The van der Waals surface area contributed by atoms with Gasteiger partial charge in [0.1, 0.15) is 16.4 Å². The van der Waals surface area contributed by atoms with Gasteiger partial charge in [0.2, 0.25) is 10.0 Å². The number of aryl methyl sites for hydroxylation is 2. The molecule has 0 atom stereocenters. The Morgan fingerprint density at radius 3 is 2.24 bits per heavy atom. The molecule has 0 aromatic carbocycles. The number of nitrogens with one attached hydrogen (secondary N) is 1. The smallest absolute Gasteiger partial charge is 0.244 e. The van der Waals surface area contributed by atoms with Crippen LogP contribution >= 0.6 is 0 Å². The van der Waals surface area contributed by atoms with E-state index in [0.717, 1.165) is 11.8 Å². The number of rotatable bonds is 7. The van der Waals surface area contributed by atoms with Crippen LogP contribution < -0.4 is 10.5 Å². The van der Waals surface area contributed by atoms with E-state index in [1.54, 1.807) is 13.8 Å². The van der Waals surface area contributed by atoms with Gasteiger partial charge in [0, 0.05) is 18.7 Å². The third kappa shape index (κ3) is 3.03. The molecule has 0 saturated heterocycles. The summed E-state index contributed by atoms with van der Waals surface area (Å²) < 4.78 is 33.5. The van der Waals surface area contributed by atoms with Crippen molar-refractivity contribution in [3.63, 3.8) is 0 Å². The molecule has 6 heteroatoms. The Morgan fingerprint density at radius 2 is 1.76 bits per heavy atom. The quantitative estimate of drug-likeness (QED) is 0.807. The summed E-state index contributed by atoms with van der Waals surface area (Å²) >= 11 is 0. The highest BCUT2D eigenvalue weighted by Gasteiger charge is 2.42. The molecule has 0 amide bonds. The summed E-state index contributed by atoms with van der Waals surface area (Å²) in [6, 6.07) is 0. The fraction of sp³-hybridized carbons (Fsp3) is 0.733. The fourth-order valence-corrected chi connectivity index (χ4v) is 4.87. The number of furan rings is 1. The lowest BCUT2D eigenvalue weighted by Gasteiger charge is -2.16. The first-order chi connectivity index (χ1) is 9.94. The van der Waals surface area contributed by atoms with Crippen molar-refractivity contribution in [1.29, 1.82) is 0 Å². The number of hydrogen-bond acceptors (Lipinski definition) is 4. The molecule has 3 rings (SSSR count). The Kier molecular flexibility index (Phi) is 3.88. The van der Waals surface area contributed by atoms with Crippen molar-refractivity contribution in [3.8, 4) is 0 Å². The van der Waals surface area contributed by atoms with Gasteiger partial charge in [-0.15, -0.1) is 0 Å².